The third-order valence-corrected chi connectivity index (χ3v) is 2.84. The van der Waals surface area contributed by atoms with Crippen molar-refractivity contribution in [3.05, 3.63) is 47.8 Å². The van der Waals surface area contributed by atoms with Gasteiger partial charge in [-0.25, -0.2) is 0 Å². The van der Waals surface area contributed by atoms with E-state index >= 15 is 0 Å². The maximum Gasteiger partial charge on any atom is 0.231 e. The lowest BCUT2D eigenvalue weighted by atomic mass is 10.1. The van der Waals surface area contributed by atoms with Gasteiger partial charge in [-0.2, -0.15) is 0 Å². The summed E-state index contributed by atoms with van der Waals surface area (Å²) in [4.78, 5) is 0. The molecule has 0 aliphatic heterocycles. The molecule has 20 heavy (non-hydrogen) atoms. The summed E-state index contributed by atoms with van der Waals surface area (Å²) < 4.78 is 12.4. The lowest BCUT2D eigenvalue weighted by Gasteiger charge is -2.06. The highest BCUT2D eigenvalue weighted by Gasteiger charge is 2.04. The van der Waals surface area contributed by atoms with Crippen LogP contribution in [0.5, 0.6) is 11.5 Å². The first kappa shape index (κ1) is 16.4. The number of hydrogen-bond acceptors (Lipinski definition) is 3. The van der Waals surface area contributed by atoms with E-state index in [0.717, 1.165) is 22.8 Å². The Kier molecular flexibility index (Phi) is 6.44. The SMILES string of the molecule is COc1ccc(OC)c(/C=C/c2cccn[n+]2C)c1.[I-]. The minimum Gasteiger partial charge on any atom is -1.00 e. The van der Waals surface area contributed by atoms with E-state index in [9.17, 15) is 0 Å². The van der Waals surface area contributed by atoms with E-state index in [0.29, 0.717) is 0 Å². The van der Waals surface area contributed by atoms with Crippen LogP contribution in [0.2, 0.25) is 0 Å². The molecule has 0 saturated heterocycles. The molecule has 5 heteroatoms. The average molecular weight is 384 g/mol. The number of ether oxygens (including phenoxy) is 2. The zero-order valence-electron chi connectivity index (χ0n) is 11.7. The van der Waals surface area contributed by atoms with Crippen LogP contribution in [0, 0.1) is 0 Å². The molecule has 4 nitrogen and oxygen atoms in total. The minimum absolute atomic E-state index is 0. The van der Waals surface area contributed by atoms with Gasteiger partial charge in [-0.05, 0) is 35.4 Å². The molecule has 0 radical (unpaired) electrons. The summed E-state index contributed by atoms with van der Waals surface area (Å²) in [6.45, 7) is 0. The highest BCUT2D eigenvalue weighted by molar-refractivity contribution is 5.71. The molecule has 0 amide bonds. The normalized spacial score (nSPS) is 10.2. The maximum absolute atomic E-state index is 5.33. The molecule has 2 aromatic rings. The van der Waals surface area contributed by atoms with Gasteiger partial charge < -0.3 is 33.5 Å². The summed E-state index contributed by atoms with van der Waals surface area (Å²) in [6, 6.07) is 9.60. The van der Waals surface area contributed by atoms with E-state index in [2.05, 4.69) is 5.10 Å². The number of benzene rings is 1. The fourth-order valence-electron chi connectivity index (χ4n) is 1.76. The van der Waals surface area contributed by atoms with Crippen LogP contribution in [0.15, 0.2) is 36.5 Å². The highest BCUT2D eigenvalue weighted by atomic mass is 127. The molecule has 106 valence electrons. The third-order valence-electron chi connectivity index (χ3n) is 2.84. The summed E-state index contributed by atoms with van der Waals surface area (Å²) in [5.41, 5.74) is 1.97. The van der Waals surface area contributed by atoms with Crippen molar-refractivity contribution in [3.8, 4) is 11.5 Å². The number of hydrogen-bond donors (Lipinski definition) is 0. The molecule has 2 rings (SSSR count). The molecule has 0 saturated carbocycles. The topological polar surface area (TPSA) is 35.2 Å². The Morgan fingerprint density at radius 1 is 1.10 bits per heavy atom. The van der Waals surface area contributed by atoms with Crippen molar-refractivity contribution < 1.29 is 38.1 Å². The van der Waals surface area contributed by atoms with Gasteiger partial charge in [-0.1, -0.05) is 4.68 Å². The highest BCUT2D eigenvalue weighted by Crippen LogP contribution is 2.25. The molecule has 1 aromatic heterocycles. The molecule has 0 unspecified atom stereocenters. The first-order valence-electron chi connectivity index (χ1n) is 5.96. The number of nitrogens with zero attached hydrogens (tertiary/aromatic N) is 2. The molecule has 0 N–H and O–H groups in total. The molecule has 0 fully saturated rings. The van der Waals surface area contributed by atoms with Crippen molar-refractivity contribution in [2.24, 2.45) is 7.05 Å². The van der Waals surface area contributed by atoms with Crippen LogP contribution >= 0.6 is 0 Å². The van der Waals surface area contributed by atoms with E-state index in [1.165, 1.54) is 0 Å². The average Bonchev–Trinajstić information content (AvgIpc) is 2.46. The van der Waals surface area contributed by atoms with E-state index < -0.39 is 0 Å². The van der Waals surface area contributed by atoms with Crippen molar-refractivity contribution in [2.45, 2.75) is 0 Å². The van der Waals surface area contributed by atoms with Gasteiger partial charge in [0, 0.05) is 17.7 Å². The minimum atomic E-state index is 0. The Morgan fingerprint density at radius 3 is 2.55 bits per heavy atom. The smallest absolute Gasteiger partial charge is 0.231 e. The molecule has 0 spiro atoms. The summed E-state index contributed by atoms with van der Waals surface area (Å²) in [7, 11) is 5.21. The second-order valence-electron chi connectivity index (χ2n) is 4.01. The Labute approximate surface area is 136 Å². The van der Waals surface area contributed by atoms with Crippen LogP contribution in [0.1, 0.15) is 11.3 Å². The van der Waals surface area contributed by atoms with E-state index in [1.54, 1.807) is 20.4 Å². The van der Waals surface area contributed by atoms with Crippen LogP contribution in [0.4, 0.5) is 0 Å². The summed E-state index contributed by atoms with van der Waals surface area (Å²) in [6.07, 6.45) is 5.73. The fraction of sp³-hybridized carbons (Fsp3) is 0.200. The molecule has 1 heterocycles. The Morgan fingerprint density at radius 2 is 1.90 bits per heavy atom. The van der Waals surface area contributed by atoms with Gasteiger partial charge in [0.1, 0.15) is 11.5 Å². The summed E-state index contributed by atoms with van der Waals surface area (Å²) >= 11 is 0. The number of rotatable bonds is 4. The second kappa shape index (κ2) is 7.84. The van der Waals surface area contributed by atoms with Crippen molar-refractivity contribution >= 4 is 12.2 Å². The zero-order chi connectivity index (χ0) is 13.7. The Balaban J connectivity index is 0.00000200. The quantitative estimate of drug-likeness (QED) is 0.507. The van der Waals surface area contributed by atoms with Crippen molar-refractivity contribution in [3.63, 3.8) is 0 Å². The fourth-order valence-corrected chi connectivity index (χ4v) is 1.76. The van der Waals surface area contributed by atoms with Crippen LogP contribution in [-0.2, 0) is 7.05 Å². The van der Waals surface area contributed by atoms with Gasteiger partial charge in [0.15, 0.2) is 7.05 Å². The van der Waals surface area contributed by atoms with Crippen molar-refractivity contribution in [2.75, 3.05) is 14.2 Å². The number of aryl methyl sites for hydroxylation is 1. The molecule has 0 aliphatic rings. The van der Waals surface area contributed by atoms with Gasteiger partial charge in [-0.15, -0.1) is 0 Å². The van der Waals surface area contributed by atoms with E-state index in [1.807, 2.05) is 54.2 Å². The van der Waals surface area contributed by atoms with Gasteiger partial charge in [0.05, 0.1) is 20.4 Å². The summed E-state index contributed by atoms with van der Waals surface area (Å²) in [5, 5.41) is 4.18. The van der Waals surface area contributed by atoms with Gasteiger partial charge in [-0.3, -0.25) is 0 Å². The van der Waals surface area contributed by atoms with Crippen LogP contribution < -0.4 is 38.1 Å². The van der Waals surface area contributed by atoms with Crippen LogP contribution in [0.3, 0.4) is 0 Å². The molecule has 0 aliphatic carbocycles. The largest absolute Gasteiger partial charge is 1.00 e. The molecule has 0 atom stereocenters. The summed E-state index contributed by atoms with van der Waals surface area (Å²) in [5.74, 6) is 1.61. The van der Waals surface area contributed by atoms with Crippen LogP contribution in [0.25, 0.3) is 12.2 Å². The van der Waals surface area contributed by atoms with E-state index in [4.69, 9.17) is 9.47 Å². The first-order valence-corrected chi connectivity index (χ1v) is 5.96. The lowest BCUT2D eigenvalue weighted by Crippen LogP contribution is -3.00. The number of methoxy groups -OCH3 is 2. The van der Waals surface area contributed by atoms with E-state index in [-0.39, 0.29) is 24.0 Å². The molecular weight excluding hydrogens is 367 g/mol. The van der Waals surface area contributed by atoms with Gasteiger partial charge >= 0.3 is 0 Å². The predicted octanol–water partition coefficient (Wildman–Crippen LogP) is -0.902. The molecular formula is C15H17IN2O2. The number of aromatic nitrogens is 2. The Bertz CT molecular complexity index is 600. The van der Waals surface area contributed by atoms with Gasteiger partial charge in [0.25, 0.3) is 0 Å². The third kappa shape index (κ3) is 3.93. The standard InChI is InChI=1S/C15H17N2O2.HI/c1-17-13(5-4-10-16-17)7-6-12-11-14(18-2)8-9-15(12)19-3;/h4-11H,1-3H3;1H/q+1;/p-1/b7-6+;. The second-order valence-corrected chi connectivity index (χ2v) is 4.01. The number of halogens is 1. The predicted molar refractivity (Wildman–Crippen MR) is 73.9 cm³/mol. The van der Waals surface area contributed by atoms with Crippen molar-refractivity contribution in [1.29, 1.82) is 0 Å². The monoisotopic (exact) mass is 384 g/mol. The lowest BCUT2D eigenvalue weighted by molar-refractivity contribution is -0.732. The molecule has 0 bridgehead atoms. The zero-order valence-corrected chi connectivity index (χ0v) is 13.9. The maximum atomic E-state index is 5.33. The van der Waals surface area contributed by atoms with Crippen LogP contribution in [-0.4, -0.2) is 19.3 Å². The first-order chi connectivity index (χ1) is 9.24. The Hall–Kier alpha value is -1.63. The van der Waals surface area contributed by atoms with Gasteiger partial charge in [0.2, 0.25) is 5.69 Å². The van der Waals surface area contributed by atoms with Crippen molar-refractivity contribution in [1.82, 2.24) is 5.10 Å². The molecule has 1 aromatic carbocycles.